The van der Waals surface area contributed by atoms with Gasteiger partial charge in [0.05, 0.1) is 40.3 Å². The zero-order valence-electron chi connectivity index (χ0n) is 44.6. The summed E-state index contributed by atoms with van der Waals surface area (Å²) in [6.07, 6.45) is 64.4. The Morgan fingerprint density at radius 2 is 0.783 bits per heavy atom. The van der Waals surface area contributed by atoms with E-state index in [0.717, 1.165) is 116 Å². The number of esters is 2. The van der Waals surface area contributed by atoms with Gasteiger partial charge in [-0.2, -0.15) is 0 Å². The second-order valence-electron chi connectivity index (χ2n) is 19.1. The summed E-state index contributed by atoms with van der Waals surface area (Å²) < 4.78 is 22.7. The molecule has 0 saturated heterocycles. The van der Waals surface area contributed by atoms with Gasteiger partial charge in [0.1, 0.15) is 13.2 Å². The van der Waals surface area contributed by atoms with E-state index in [-0.39, 0.29) is 38.6 Å². The van der Waals surface area contributed by atoms with E-state index in [1.165, 1.54) is 57.8 Å². The second-order valence-corrected chi connectivity index (χ2v) is 19.1. The molecule has 0 fully saturated rings. The molecule has 0 aliphatic rings. The molecule has 0 aromatic carbocycles. The second kappa shape index (κ2) is 50.6. The minimum absolute atomic E-state index is 0.140. The smallest absolute Gasteiger partial charge is 0.306 e. The highest BCUT2D eigenvalue weighted by atomic mass is 16.7. The van der Waals surface area contributed by atoms with E-state index in [0.29, 0.717) is 17.4 Å². The Bertz CT molecular complexity index is 1450. The molecular weight excluding hydrogens is 863 g/mol. The number of carbonyl (C=O) groups excluding carboxylic acids is 3. The van der Waals surface area contributed by atoms with Crippen LogP contribution in [-0.2, 0) is 33.3 Å². The molecule has 0 aliphatic carbocycles. The summed E-state index contributed by atoms with van der Waals surface area (Å²) in [5.74, 6) is -2.31. The Kier molecular flexibility index (Phi) is 47.8. The van der Waals surface area contributed by atoms with Crippen molar-refractivity contribution in [2.24, 2.45) is 0 Å². The molecule has 0 aromatic rings. The molecule has 0 aromatic heterocycles. The molecule has 0 spiro atoms. The number of quaternary nitrogens is 1. The number of hydrogen-bond donors (Lipinski definition) is 0. The quantitative estimate of drug-likeness (QED) is 0.0195. The summed E-state index contributed by atoms with van der Waals surface area (Å²) in [6.45, 7) is 4.50. The summed E-state index contributed by atoms with van der Waals surface area (Å²) in [7, 11) is 5.91. The molecule has 0 amide bonds. The van der Waals surface area contributed by atoms with Crippen LogP contribution in [0.1, 0.15) is 206 Å². The highest BCUT2D eigenvalue weighted by molar-refractivity contribution is 5.70. The highest BCUT2D eigenvalue weighted by Crippen LogP contribution is 2.15. The van der Waals surface area contributed by atoms with Gasteiger partial charge in [0.25, 0.3) is 0 Å². The number of ether oxygens (including phenoxy) is 4. The van der Waals surface area contributed by atoms with Crippen molar-refractivity contribution in [1.82, 2.24) is 0 Å². The fourth-order valence-electron chi connectivity index (χ4n) is 7.16. The largest absolute Gasteiger partial charge is 0.545 e. The predicted octanol–water partition coefficient (Wildman–Crippen LogP) is 14.4. The van der Waals surface area contributed by atoms with Gasteiger partial charge >= 0.3 is 11.9 Å². The van der Waals surface area contributed by atoms with Crippen molar-refractivity contribution in [3.05, 3.63) is 97.2 Å². The van der Waals surface area contributed by atoms with Gasteiger partial charge in [0.15, 0.2) is 12.4 Å². The lowest BCUT2D eigenvalue weighted by Gasteiger charge is -2.26. The van der Waals surface area contributed by atoms with Gasteiger partial charge in [-0.15, -0.1) is 0 Å². The fourth-order valence-corrected chi connectivity index (χ4v) is 7.16. The number of rotatable bonds is 49. The molecule has 2 atom stereocenters. The van der Waals surface area contributed by atoms with Gasteiger partial charge < -0.3 is 33.3 Å². The van der Waals surface area contributed by atoms with E-state index >= 15 is 0 Å². The van der Waals surface area contributed by atoms with E-state index in [1.807, 2.05) is 21.1 Å². The molecule has 0 rings (SSSR count). The van der Waals surface area contributed by atoms with Crippen LogP contribution < -0.4 is 5.11 Å². The fraction of sp³-hybridized carbons (Fsp3) is 0.683. The summed E-state index contributed by atoms with van der Waals surface area (Å²) in [5.41, 5.74) is 0. The Hall–Kier alpha value is -3.79. The molecular formula is C60H101NO8. The van der Waals surface area contributed by atoms with Gasteiger partial charge in [-0.05, 0) is 89.9 Å². The van der Waals surface area contributed by atoms with Crippen LogP contribution in [0.25, 0.3) is 0 Å². The molecule has 0 aliphatic heterocycles. The number of nitrogens with zero attached hydrogens (tertiary/aromatic N) is 1. The van der Waals surface area contributed by atoms with Crippen molar-refractivity contribution in [2.45, 2.75) is 219 Å². The molecule has 0 bridgehead atoms. The summed E-state index contributed by atoms with van der Waals surface area (Å²) in [4.78, 5) is 37.2. The van der Waals surface area contributed by atoms with E-state index in [4.69, 9.17) is 18.9 Å². The summed E-state index contributed by atoms with van der Waals surface area (Å²) in [6, 6.07) is 0. The first kappa shape index (κ1) is 65.2. The number of carboxylic acids is 1. The lowest BCUT2D eigenvalue weighted by atomic mass is 10.0. The van der Waals surface area contributed by atoms with Crippen molar-refractivity contribution in [2.75, 3.05) is 47.5 Å². The van der Waals surface area contributed by atoms with E-state index < -0.39 is 24.3 Å². The molecule has 0 radical (unpaired) electrons. The maximum absolute atomic E-state index is 12.9. The van der Waals surface area contributed by atoms with Crippen LogP contribution in [-0.4, -0.2) is 82.3 Å². The number of unbranched alkanes of at least 4 members (excludes halogenated alkanes) is 18. The first-order chi connectivity index (χ1) is 33.6. The van der Waals surface area contributed by atoms with Crippen molar-refractivity contribution >= 4 is 17.9 Å². The van der Waals surface area contributed by atoms with Crippen molar-refractivity contribution in [3.63, 3.8) is 0 Å². The van der Waals surface area contributed by atoms with Crippen LogP contribution in [0, 0.1) is 0 Å². The van der Waals surface area contributed by atoms with Gasteiger partial charge in [0.2, 0.25) is 0 Å². The van der Waals surface area contributed by atoms with E-state index in [2.05, 4.69) is 111 Å². The third-order valence-corrected chi connectivity index (χ3v) is 11.3. The summed E-state index contributed by atoms with van der Waals surface area (Å²) in [5, 5.41) is 11.8. The number of allylic oxidation sites excluding steroid dienone is 16. The molecule has 9 nitrogen and oxygen atoms in total. The Labute approximate surface area is 422 Å². The van der Waals surface area contributed by atoms with E-state index in [9.17, 15) is 19.5 Å². The van der Waals surface area contributed by atoms with Crippen LogP contribution in [0.2, 0.25) is 0 Å². The molecule has 394 valence electrons. The molecule has 2 unspecified atom stereocenters. The van der Waals surface area contributed by atoms with Crippen molar-refractivity contribution < 1.29 is 42.9 Å². The minimum Gasteiger partial charge on any atom is -0.545 e. The number of carbonyl (C=O) groups is 3. The van der Waals surface area contributed by atoms with Crippen LogP contribution in [0.15, 0.2) is 97.2 Å². The van der Waals surface area contributed by atoms with Crippen molar-refractivity contribution in [1.29, 1.82) is 0 Å². The Morgan fingerprint density at radius 1 is 0.435 bits per heavy atom. The average molecular weight is 964 g/mol. The first-order valence-electron chi connectivity index (χ1n) is 27.4. The van der Waals surface area contributed by atoms with Crippen LogP contribution in [0.4, 0.5) is 0 Å². The Morgan fingerprint density at radius 3 is 1.16 bits per heavy atom. The molecule has 9 heteroatoms. The highest BCUT2D eigenvalue weighted by Gasteiger charge is 2.22. The van der Waals surface area contributed by atoms with E-state index in [1.54, 1.807) is 0 Å². The Balaban J connectivity index is 4.31. The van der Waals surface area contributed by atoms with Crippen molar-refractivity contribution in [3.8, 4) is 0 Å². The normalized spacial score (nSPS) is 13.6. The molecule has 0 N–H and O–H groups in total. The van der Waals surface area contributed by atoms with Crippen LogP contribution >= 0.6 is 0 Å². The topological polar surface area (TPSA) is 111 Å². The van der Waals surface area contributed by atoms with Crippen LogP contribution in [0.3, 0.4) is 0 Å². The van der Waals surface area contributed by atoms with Gasteiger partial charge in [-0.25, -0.2) is 0 Å². The van der Waals surface area contributed by atoms with Gasteiger partial charge in [0, 0.05) is 12.8 Å². The lowest BCUT2D eigenvalue weighted by Crippen LogP contribution is -2.44. The number of aliphatic carboxylic acids is 1. The summed E-state index contributed by atoms with van der Waals surface area (Å²) >= 11 is 0. The number of likely N-dealkylation sites (N-methyl/N-ethyl adjacent to an activating group) is 1. The lowest BCUT2D eigenvalue weighted by molar-refractivity contribution is -0.870. The minimum atomic E-state index is -1.63. The standard InChI is InChI=1S/C60H101NO8/c1-6-8-10-12-14-16-18-20-22-24-26-27-28-29-30-31-33-35-37-39-41-43-45-47-49-51-58(63)69-56(55-68-60(59(64)65)66-53-52-61(3,4)5)54-67-57(62)50-48-46-44-42-40-38-36-34-32-25-23-21-19-17-15-13-11-9-7-2/h8-11,14-17,20-23,26-27,32,34,56,60H,6-7,12-13,18-19,24-25,28-31,33,35-55H2,1-5H3/b10-8-,11-9-,16-14-,17-15-,22-20-,23-21-,27-26-,34-32-. The molecule has 0 heterocycles. The maximum atomic E-state index is 12.9. The number of carboxylic acid groups (broad SMARTS) is 1. The zero-order chi connectivity index (χ0) is 50.6. The zero-order valence-corrected chi connectivity index (χ0v) is 44.6. The van der Waals surface area contributed by atoms with Gasteiger partial charge in [-0.3, -0.25) is 9.59 Å². The monoisotopic (exact) mass is 964 g/mol. The van der Waals surface area contributed by atoms with Gasteiger partial charge in [-0.1, -0.05) is 201 Å². The average Bonchev–Trinajstić information content (AvgIpc) is 3.31. The number of hydrogen-bond acceptors (Lipinski definition) is 8. The van der Waals surface area contributed by atoms with Crippen LogP contribution in [0.5, 0.6) is 0 Å². The first-order valence-corrected chi connectivity index (χ1v) is 27.4. The third kappa shape index (κ3) is 51.9. The predicted molar refractivity (Wildman–Crippen MR) is 287 cm³/mol. The molecule has 69 heavy (non-hydrogen) atoms. The third-order valence-electron chi connectivity index (χ3n) is 11.3. The maximum Gasteiger partial charge on any atom is 0.306 e. The SMILES string of the molecule is CC/C=C\C/C=C\C/C=C\C/C=C\CCCCCCCCCCCCCCC(=O)OC(COC(=O)CCCCCCCC/C=C\C/C=C\C/C=C\C/C=C\CC)COC(OCC[N+](C)(C)C)C(=O)[O-]. The molecule has 0 saturated carbocycles.